The smallest absolute Gasteiger partial charge is 0.276 e. The van der Waals surface area contributed by atoms with Crippen molar-refractivity contribution in [3.05, 3.63) is 58.6 Å². The molecular formula is C21H24F2N4O4. The quantitative estimate of drug-likeness (QED) is 0.668. The summed E-state index contributed by atoms with van der Waals surface area (Å²) in [4.78, 5) is 27.2. The first-order valence-corrected chi connectivity index (χ1v) is 10.2. The zero-order valence-corrected chi connectivity index (χ0v) is 16.9. The molecule has 1 aromatic carbocycles. The monoisotopic (exact) mass is 434 g/mol. The first kappa shape index (κ1) is 21.3. The van der Waals surface area contributed by atoms with E-state index in [1.54, 1.807) is 4.90 Å². The maximum atomic E-state index is 13.8. The van der Waals surface area contributed by atoms with E-state index in [1.807, 2.05) is 5.01 Å². The number of fused-ring (bicyclic) bond motifs is 4. The summed E-state index contributed by atoms with van der Waals surface area (Å²) in [5.74, 6) is -3.27. The Balaban J connectivity index is 1.57. The highest BCUT2D eigenvalue weighted by molar-refractivity contribution is 5.99. The Morgan fingerprint density at radius 2 is 1.90 bits per heavy atom. The zero-order valence-electron chi connectivity index (χ0n) is 16.9. The molecule has 2 saturated heterocycles. The van der Waals surface area contributed by atoms with Crippen molar-refractivity contribution in [3.63, 3.8) is 0 Å². The highest BCUT2D eigenvalue weighted by atomic mass is 19.1. The second-order valence-corrected chi connectivity index (χ2v) is 7.84. The zero-order chi connectivity index (χ0) is 22.1. The number of carbonyl (C=O) groups is 2. The minimum atomic E-state index is -1.69. The largest absolute Gasteiger partial charge is 0.507 e. The average Bonchev–Trinajstić information content (AvgIpc) is 2.84. The maximum Gasteiger partial charge on any atom is 0.276 e. The Bertz CT molecular complexity index is 965. The van der Waals surface area contributed by atoms with Crippen LogP contribution in [0.4, 0.5) is 8.78 Å². The number of aliphatic hydroxyl groups is 2. The summed E-state index contributed by atoms with van der Waals surface area (Å²) in [7, 11) is 0. The van der Waals surface area contributed by atoms with Gasteiger partial charge >= 0.3 is 0 Å². The van der Waals surface area contributed by atoms with Gasteiger partial charge in [-0.25, -0.2) is 8.78 Å². The van der Waals surface area contributed by atoms with Crippen LogP contribution >= 0.6 is 0 Å². The van der Waals surface area contributed by atoms with Gasteiger partial charge in [0.1, 0.15) is 17.7 Å². The lowest BCUT2D eigenvalue weighted by Gasteiger charge is -2.46. The molecule has 2 bridgehead atoms. The van der Waals surface area contributed by atoms with Crippen LogP contribution in [0.3, 0.4) is 0 Å². The topological polar surface area (TPSA) is 96.3 Å². The van der Waals surface area contributed by atoms with Gasteiger partial charge in [-0.1, -0.05) is 18.9 Å². The van der Waals surface area contributed by atoms with E-state index < -0.39 is 35.3 Å². The second kappa shape index (κ2) is 8.64. The second-order valence-electron chi connectivity index (χ2n) is 7.84. The number of halogens is 2. The molecule has 4 rings (SSSR count). The molecule has 3 N–H and O–H groups in total. The maximum absolute atomic E-state index is 13.8. The third-order valence-corrected chi connectivity index (χ3v) is 5.73. The lowest BCUT2D eigenvalue weighted by Crippen LogP contribution is -2.58. The molecule has 2 amide bonds. The molecule has 2 atom stereocenters. The van der Waals surface area contributed by atoms with Crippen LogP contribution in [-0.4, -0.2) is 62.8 Å². The van der Waals surface area contributed by atoms with Crippen LogP contribution in [0.25, 0.3) is 0 Å². The number of hydrogen-bond donors (Lipinski definition) is 3. The highest BCUT2D eigenvalue weighted by Crippen LogP contribution is 2.31. The number of nitrogens with zero attached hydrogens (tertiary/aromatic N) is 3. The fourth-order valence-electron chi connectivity index (χ4n) is 4.00. The van der Waals surface area contributed by atoms with Crippen LogP contribution in [-0.2, 0) is 16.1 Å². The first-order chi connectivity index (χ1) is 14.9. The van der Waals surface area contributed by atoms with E-state index >= 15 is 0 Å². The summed E-state index contributed by atoms with van der Waals surface area (Å²) in [6, 6.07) is 3.01. The lowest BCUT2D eigenvalue weighted by molar-refractivity contribution is -0.146. The predicted octanol–water partition coefficient (Wildman–Crippen LogP) is 1.50. The molecule has 2 fully saturated rings. The van der Waals surface area contributed by atoms with Crippen molar-refractivity contribution >= 4 is 11.8 Å². The van der Waals surface area contributed by atoms with E-state index in [2.05, 4.69) is 5.32 Å². The van der Waals surface area contributed by atoms with E-state index in [0.717, 1.165) is 31.7 Å². The van der Waals surface area contributed by atoms with Crippen LogP contribution in [0, 0.1) is 11.6 Å². The third kappa shape index (κ3) is 4.13. The molecule has 0 saturated carbocycles. The number of nitrogens with one attached hydrogen (secondary N) is 1. The Morgan fingerprint density at radius 1 is 1.16 bits per heavy atom. The van der Waals surface area contributed by atoms with Gasteiger partial charge in [0.05, 0.1) is 12.2 Å². The minimum absolute atomic E-state index is 0.0678. The highest BCUT2D eigenvalue weighted by Gasteiger charge is 2.42. The molecule has 0 aromatic heterocycles. The van der Waals surface area contributed by atoms with Gasteiger partial charge in [0.2, 0.25) is 0 Å². The minimum Gasteiger partial charge on any atom is -0.507 e. The van der Waals surface area contributed by atoms with Gasteiger partial charge in [0.15, 0.2) is 11.5 Å². The predicted molar refractivity (Wildman–Crippen MR) is 106 cm³/mol. The number of carbonyl (C=O) groups excluding carboxylic acids is 2. The fraction of sp³-hybridized carbons (Fsp3) is 0.429. The number of hydrazine groups is 1. The van der Waals surface area contributed by atoms with Crippen molar-refractivity contribution < 1.29 is 28.6 Å². The van der Waals surface area contributed by atoms with Crippen molar-refractivity contribution in [3.8, 4) is 0 Å². The molecule has 0 spiro atoms. The van der Waals surface area contributed by atoms with Gasteiger partial charge in [-0.2, -0.15) is 5.01 Å². The van der Waals surface area contributed by atoms with Gasteiger partial charge < -0.3 is 20.4 Å². The number of rotatable bonds is 3. The summed E-state index contributed by atoms with van der Waals surface area (Å²) in [5, 5.41) is 26.9. The molecule has 1 aromatic rings. The fourth-order valence-corrected chi connectivity index (χ4v) is 4.00. The molecule has 166 valence electrons. The number of amides is 2. The van der Waals surface area contributed by atoms with Crippen LogP contribution in [0.1, 0.15) is 31.2 Å². The molecule has 10 heteroatoms. The molecular weight excluding hydrogens is 410 g/mol. The van der Waals surface area contributed by atoms with Crippen LogP contribution in [0.2, 0.25) is 0 Å². The van der Waals surface area contributed by atoms with E-state index in [4.69, 9.17) is 0 Å². The van der Waals surface area contributed by atoms with Gasteiger partial charge in [-0.05, 0) is 18.9 Å². The Morgan fingerprint density at radius 3 is 2.65 bits per heavy atom. The lowest BCUT2D eigenvalue weighted by atomic mass is 10.0. The third-order valence-electron chi connectivity index (χ3n) is 5.73. The standard InChI is InChI=1S/C21H24F2N4O4/c22-14-6-5-13(16(23)9-14)10-24-20(30)15-11-27-17(19(29)18(15)28)21(31)25-7-3-1-2-4-8-26(27)12-25/h5-6,9,11,18,28-29H,1-4,7-8,10,12H2,(H,24,30). The van der Waals surface area contributed by atoms with Gasteiger partial charge in [-0.3, -0.25) is 14.6 Å². The van der Waals surface area contributed by atoms with Crippen molar-refractivity contribution in [1.82, 2.24) is 20.2 Å². The molecule has 3 aliphatic rings. The first-order valence-electron chi connectivity index (χ1n) is 10.2. The summed E-state index contributed by atoms with van der Waals surface area (Å²) < 4.78 is 26.9. The number of hydrogen-bond acceptors (Lipinski definition) is 6. The Kier molecular flexibility index (Phi) is 5.92. The van der Waals surface area contributed by atoms with Crippen molar-refractivity contribution in [2.45, 2.75) is 38.3 Å². The summed E-state index contributed by atoms with van der Waals surface area (Å²) in [5.41, 5.74) is -0.170. The van der Waals surface area contributed by atoms with Crippen molar-refractivity contribution in [1.29, 1.82) is 0 Å². The van der Waals surface area contributed by atoms with Crippen LogP contribution in [0.15, 0.2) is 41.4 Å². The Labute approximate surface area is 178 Å². The SMILES string of the molecule is O=C(NCc1ccc(F)cc1F)C1=CN2C(=C(O)C1O)C(=O)N1CCCCCCN2C1. The molecule has 0 aliphatic carbocycles. The normalized spacial score (nSPS) is 24.1. The molecule has 3 heterocycles. The van der Waals surface area contributed by atoms with Crippen molar-refractivity contribution in [2.24, 2.45) is 0 Å². The van der Waals surface area contributed by atoms with Gasteiger partial charge in [0, 0.05) is 37.5 Å². The summed E-state index contributed by atoms with van der Waals surface area (Å²) in [6.45, 7) is 1.25. The summed E-state index contributed by atoms with van der Waals surface area (Å²) >= 11 is 0. The van der Waals surface area contributed by atoms with Crippen molar-refractivity contribution in [2.75, 3.05) is 19.8 Å². The van der Waals surface area contributed by atoms with Crippen LogP contribution < -0.4 is 5.32 Å². The number of aliphatic hydroxyl groups excluding tert-OH is 2. The average molecular weight is 434 g/mol. The van der Waals surface area contributed by atoms with E-state index in [9.17, 15) is 28.6 Å². The van der Waals surface area contributed by atoms with E-state index in [1.165, 1.54) is 17.3 Å². The van der Waals surface area contributed by atoms with Crippen LogP contribution in [0.5, 0.6) is 0 Å². The molecule has 0 radical (unpaired) electrons. The number of benzene rings is 1. The van der Waals surface area contributed by atoms with E-state index in [0.29, 0.717) is 25.8 Å². The van der Waals surface area contributed by atoms with E-state index in [-0.39, 0.29) is 23.4 Å². The summed E-state index contributed by atoms with van der Waals surface area (Å²) in [6.07, 6.45) is 3.38. The molecule has 2 unspecified atom stereocenters. The molecule has 3 aliphatic heterocycles. The molecule has 8 nitrogen and oxygen atoms in total. The Hall–Kier alpha value is -2.98. The van der Waals surface area contributed by atoms with Gasteiger partial charge in [0.25, 0.3) is 11.8 Å². The molecule has 31 heavy (non-hydrogen) atoms. The van der Waals surface area contributed by atoms with Gasteiger partial charge in [-0.15, -0.1) is 0 Å².